The summed E-state index contributed by atoms with van der Waals surface area (Å²) in [5.41, 5.74) is 0. The van der Waals surface area contributed by atoms with Crippen molar-refractivity contribution < 1.29 is 28.6 Å². The summed E-state index contributed by atoms with van der Waals surface area (Å²) < 4.78 is 16.9. The van der Waals surface area contributed by atoms with Crippen molar-refractivity contribution >= 4 is 17.9 Å². The molecular formula is C73H124O6. The Bertz CT molecular complexity index is 1590. The molecule has 0 saturated carbocycles. The third-order valence-electron chi connectivity index (χ3n) is 14.3. The number of allylic oxidation sites excluding steroid dienone is 18. The molecule has 0 rings (SSSR count). The zero-order valence-electron chi connectivity index (χ0n) is 51.9. The van der Waals surface area contributed by atoms with E-state index in [9.17, 15) is 14.4 Å². The van der Waals surface area contributed by atoms with Crippen LogP contribution in [0.25, 0.3) is 0 Å². The monoisotopic (exact) mass is 1100 g/mol. The predicted molar refractivity (Wildman–Crippen MR) is 343 cm³/mol. The minimum Gasteiger partial charge on any atom is -0.462 e. The maximum absolute atomic E-state index is 12.9. The first-order valence-corrected chi connectivity index (χ1v) is 33.4. The molecule has 0 radical (unpaired) electrons. The lowest BCUT2D eigenvalue weighted by Gasteiger charge is -2.18. The summed E-state index contributed by atoms with van der Waals surface area (Å²) in [6.07, 6.45) is 91.3. The van der Waals surface area contributed by atoms with Crippen LogP contribution < -0.4 is 0 Å². The van der Waals surface area contributed by atoms with Crippen molar-refractivity contribution in [1.29, 1.82) is 0 Å². The fourth-order valence-electron chi connectivity index (χ4n) is 9.37. The molecule has 0 bridgehead atoms. The van der Waals surface area contributed by atoms with E-state index < -0.39 is 6.10 Å². The lowest BCUT2D eigenvalue weighted by atomic mass is 10.0. The van der Waals surface area contributed by atoms with Crippen LogP contribution in [0.4, 0.5) is 0 Å². The highest BCUT2D eigenvalue weighted by atomic mass is 16.6. The maximum Gasteiger partial charge on any atom is 0.306 e. The highest BCUT2D eigenvalue weighted by Gasteiger charge is 2.19. The number of rotatable bonds is 60. The van der Waals surface area contributed by atoms with Crippen LogP contribution in [0, 0.1) is 0 Å². The minimum absolute atomic E-state index is 0.0970. The molecule has 6 nitrogen and oxygen atoms in total. The van der Waals surface area contributed by atoms with Gasteiger partial charge in [0.05, 0.1) is 0 Å². The van der Waals surface area contributed by atoms with Crippen molar-refractivity contribution in [2.75, 3.05) is 13.2 Å². The molecule has 0 fully saturated rings. The largest absolute Gasteiger partial charge is 0.462 e. The van der Waals surface area contributed by atoms with Gasteiger partial charge in [0.2, 0.25) is 0 Å². The van der Waals surface area contributed by atoms with E-state index in [1.165, 1.54) is 173 Å². The van der Waals surface area contributed by atoms with Gasteiger partial charge in [-0.05, 0) is 89.9 Å². The van der Waals surface area contributed by atoms with Gasteiger partial charge in [-0.3, -0.25) is 14.4 Å². The molecule has 0 aromatic rings. The number of carbonyl (C=O) groups is 3. The highest BCUT2D eigenvalue weighted by Crippen LogP contribution is 2.17. The van der Waals surface area contributed by atoms with Gasteiger partial charge < -0.3 is 14.2 Å². The quantitative estimate of drug-likeness (QED) is 0.0261. The van der Waals surface area contributed by atoms with Crippen LogP contribution in [0.15, 0.2) is 109 Å². The molecule has 0 aliphatic carbocycles. The molecule has 0 aromatic heterocycles. The predicted octanol–water partition coefficient (Wildman–Crippen LogP) is 23.0. The molecule has 0 heterocycles. The molecule has 0 spiro atoms. The van der Waals surface area contributed by atoms with Crippen LogP contribution in [0.5, 0.6) is 0 Å². The van der Waals surface area contributed by atoms with Gasteiger partial charge in [-0.25, -0.2) is 0 Å². The zero-order valence-corrected chi connectivity index (χ0v) is 51.9. The van der Waals surface area contributed by atoms with E-state index in [-0.39, 0.29) is 37.5 Å². The van der Waals surface area contributed by atoms with E-state index >= 15 is 0 Å². The van der Waals surface area contributed by atoms with Gasteiger partial charge in [0, 0.05) is 19.3 Å². The van der Waals surface area contributed by atoms with Crippen LogP contribution >= 0.6 is 0 Å². The maximum atomic E-state index is 12.9. The Morgan fingerprint density at radius 3 is 0.848 bits per heavy atom. The van der Waals surface area contributed by atoms with Crippen LogP contribution in [0.3, 0.4) is 0 Å². The average Bonchev–Trinajstić information content (AvgIpc) is 3.45. The first-order chi connectivity index (χ1) is 39.0. The second-order valence-corrected chi connectivity index (χ2v) is 22.0. The van der Waals surface area contributed by atoms with Crippen LogP contribution in [-0.4, -0.2) is 37.2 Å². The molecule has 452 valence electrons. The fraction of sp³-hybridized carbons (Fsp3) is 0.712. The molecule has 79 heavy (non-hydrogen) atoms. The van der Waals surface area contributed by atoms with Crippen LogP contribution in [0.2, 0.25) is 0 Å². The third-order valence-corrected chi connectivity index (χ3v) is 14.3. The summed E-state index contributed by atoms with van der Waals surface area (Å²) in [5, 5.41) is 0. The number of hydrogen-bond donors (Lipinski definition) is 0. The van der Waals surface area contributed by atoms with Gasteiger partial charge in [0.15, 0.2) is 6.10 Å². The van der Waals surface area contributed by atoms with Gasteiger partial charge in [-0.2, -0.15) is 0 Å². The summed E-state index contributed by atoms with van der Waals surface area (Å²) in [4.78, 5) is 38.3. The number of carbonyl (C=O) groups excluding carboxylic acids is 3. The molecule has 1 unspecified atom stereocenters. The third kappa shape index (κ3) is 64.8. The van der Waals surface area contributed by atoms with Gasteiger partial charge in [-0.1, -0.05) is 316 Å². The second-order valence-electron chi connectivity index (χ2n) is 22.0. The van der Waals surface area contributed by atoms with Gasteiger partial charge in [-0.15, -0.1) is 0 Å². The number of hydrogen-bond acceptors (Lipinski definition) is 6. The van der Waals surface area contributed by atoms with Gasteiger partial charge in [0.25, 0.3) is 0 Å². The topological polar surface area (TPSA) is 78.9 Å². The lowest BCUT2D eigenvalue weighted by Crippen LogP contribution is -2.30. The molecule has 1 atom stereocenters. The summed E-state index contributed by atoms with van der Waals surface area (Å²) >= 11 is 0. The summed E-state index contributed by atoms with van der Waals surface area (Å²) in [6, 6.07) is 0. The molecule has 0 amide bonds. The number of ether oxygens (including phenoxy) is 3. The van der Waals surface area contributed by atoms with E-state index in [0.29, 0.717) is 19.3 Å². The molecule has 0 aliphatic heterocycles. The second kappa shape index (κ2) is 66.6. The van der Waals surface area contributed by atoms with E-state index in [1.54, 1.807) is 0 Å². The molecular weight excluding hydrogens is 973 g/mol. The first kappa shape index (κ1) is 75.1. The average molecular weight is 1100 g/mol. The molecule has 0 aromatic carbocycles. The fourth-order valence-corrected chi connectivity index (χ4v) is 9.37. The summed E-state index contributed by atoms with van der Waals surface area (Å²) in [7, 11) is 0. The van der Waals surface area contributed by atoms with E-state index in [4.69, 9.17) is 14.2 Å². The lowest BCUT2D eigenvalue weighted by molar-refractivity contribution is -0.166. The van der Waals surface area contributed by atoms with Crippen molar-refractivity contribution in [2.24, 2.45) is 0 Å². The van der Waals surface area contributed by atoms with E-state index in [0.717, 1.165) is 96.3 Å². The van der Waals surface area contributed by atoms with Crippen molar-refractivity contribution in [3.63, 3.8) is 0 Å². The SMILES string of the molecule is CC/C=C\C/C=C\C/C=C\C/C=C\C/C=C\CCCCCCCCCCCCCCCCCC(=O)OCC(COC(=O)CC/C=C\C/C=C\C/C=C\C/C=C\CC)OC(=O)CCCCCCCCCCCCCCCCCCC. The normalized spacial score (nSPS) is 12.8. The van der Waals surface area contributed by atoms with Crippen molar-refractivity contribution in [1.82, 2.24) is 0 Å². The van der Waals surface area contributed by atoms with Crippen molar-refractivity contribution in [2.45, 2.75) is 322 Å². The Labute approximate surface area is 489 Å². The summed E-state index contributed by atoms with van der Waals surface area (Å²) in [6.45, 7) is 6.38. The minimum atomic E-state index is -0.806. The zero-order chi connectivity index (χ0) is 57.1. The summed E-state index contributed by atoms with van der Waals surface area (Å²) in [5.74, 6) is -0.970. The standard InChI is InChI=1S/C73H124O6/c1-4-7-10-13-16-19-22-25-27-29-30-31-32-33-34-35-36-37-38-39-40-41-42-44-45-48-51-54-57-60-63-66-72(75)78-69-70(68-77-71(74)65-62-59-56-53-50-47-24-21-18-15-12-9-6-3)79-73(76)67-64-61-58-55-52-49-46-43-28-26-23-20-17-14-11-8-5-2/h7,9-10,12,16,18-19,21,25,27,30-31,33-34,47,50,56,59,70H,4-6,8,11,13-15,17,20,22-24,26,28-29,32,35-46,48-49,51-55,57-58,60-69H2,1-3H3/b10-7-,12-9-,19-16-,21-18-,27-25-,31-30-,34-33-,50-47-,59-56-. The van der Waals surface area contributed by atoms with Crippen LogP contribution in [0.1, 0.15) is 316 Å². The Hall–Kier alpha value is -3.93. The van der Waals surface area contributed by atoms with Crippen molar-refractivity contribution in [3.8, 4) is 0 Å². The number of unbranched alkanes of at least 4 members (excludes halogenated alkanes) is 31. The van der Waals surface area contributed by atoms with E-state index in [2.05, 4.69) is 124 Å². The highest BCUT2D eigenvalue weighted by molar-refractivity contribution is 5.71. The first-order valence-electron chi connectivity index (χ1n) is 33.4. The van der Waals surface area contributed by atoms with Gasteiger partial charge in [0.1, 0.15) is 13.2 Å². The van der Waals surface area contributed by atoms with Gasteiger partial charge >= 0.3 is 17.9 Å². The molecule has 0 aliphatic rings. The Balaban J connectivity index is 4.24. The molecule has 0 saturated heterocycles. The molecule has 6 heteroatoms. The van der Waals surface area contributed by atoms with Crippen molar-refractivity contribution in [3.05, 3.63) is 109 Å². The number of esters is 3. The Morgan fingerprint density at radius 1 is 0.266 bits per heavy atom. The molecule has 0 N–H and O–H groups in total. The smallest absolute Gasteiger partial charge is 0.306 e. The van der Waals surface area contributed by atoms with E-state index in [1.807, 2.05) is 6.08 Å². The Kier molecular flexibility index (Phi) is 63.3. The van der Waals surface area contributed by atoms with Crippen LogP contribution in [-0.2, 0) is 28.6 Å². The Morgan fingerprint density at radius 2 is 0.519 bits per heavy atom.